The van der Waals surface area contributed by atoms with E-state index < -0.39 is 13.0 Å². The summed E-state index contributed by atoms with van der Waals surface area (Å²) in [5.74, 6) is 0. The SMILES string of the molecule is C=C1C(Br)=C[C-]=C(c2ccccc2C)N1CC(F)F.[Y]. The third-order valence-corrected chi connectivity index (χ3v) is 3.61. The minimum Gasteiger partial charge on any atom is -0.369 e. The summed E-state index contributed by atoms with van der Waals surface area (Å²) in [6.07, 6.45) is 2.33. The first-order chi connectivity index (χ1) is 9.00. The number of allylic oxidation sites excluding steroid dienone is 3. The van der Waals surface area contributed by atoms with Gasteiger partial charge in [0.15, 0.2) is 0 Å². The molecule has 1 heterocycles. The Morgan fingerprint density at radius 1 is 1.35 bits per heavy atom. The molecule has 5 heteroatoms. The van der Waals surface area contributed by atoms with Gasteiger partial charge in [0.25, 0.3) is 6.43 Å². The number of hydrogen-bond donors (Lipinski definition) is 0. The molecule has 1 aromatic rings. The smallest absolute Gasteiger partial charge is 0.256 e. The summed E-state index contributed by atoms with van der Waals surface area (Å²) < 4.78 is 26.2. The van der Waals surface area contributed by atoms with Gasteiger partial charge in [-0.25, -0.2) is 8.78 Å². The Balaban J connectivity index is 0.00000200. The molecule has 2 rings (SSSR count). The molecule has 0 aromatic heterocycles. The van der Waals surface area contributed by atoms with Gasteiger partial charge in [0.05, 0.1) is 6.54 Å². The standard InChI is InChI=1S/C15H13BrF2N.Y/c1-10-5-3-4-6-12(10)14-8-7-13(16)11(2)19(14)9-15(17)18;/h3-7,15H,2,9H2,1H3;/q-1;. The van der Waals surface area contributed by atoms with Crippen molar-refractivity contribution >= 4 is 21.6 Å². The second kappa shape index (κ2) is 7.62. The molecule has 0 saturated heterocycles. The number of aryl methyl sites for hydroxylation is 1. The van der Waals surface area contributed by atoms with Crippen LogP contribution in [0, 0.1) is 13.0 Å². The molecule has 1 aromatic carbocycles. The van der Waals surface area contributed by atoms with E-state index in [0.717, 1.165) is 11.1 Å². The summed E-state index contributed by atoms with van der Waals surface area (Å²) in [6, 6.07) is 7.64. The zero-order valence-electron chi connectivity index (χ0n) is 11.0. The van der Waals surface area contributed by atoms with Crippen molar-refractivity contribution < 1.29 is 41.5 Å². The third-order valence-electron chi connectivity index (χ3n) is 2.93. The quantitative estimate of drug-likeness (QED) is 0.659. The fourth-order valence-electron chi connectivity index (χ4n) is 1.96. The van der Waals surface area contributed by atoms with E-state index in [2.05, 4.69) is 28.6 Å². The van der Waals surface area contributed by atoms with Crippen LogP contribution in [0.1, 0.15) is 11.1 Å². The van der Waals surface area contributed by atoms with E-state index in [0.29, 0.717) is 15.9 Å². The van der Waals surface area contributed by atoms with Gasteiger partial charge in [0.2, 0.25) is 0 Å². The van der Waals surface area contributed by atoms with Crippen LogP contribution in [0.3, 0.4) is 0 Å². The van der Waals surface area contributed by atoms with Crippen molar-refractivity contribution in [2.75, 3.05) is 6.54 Å². The molecule has 0 N–H and O–H groups in total. The summed E-state index contributed by atoms with van der Waals surface area (Å²) in [5.41, 5.74) is 3.06. The average Bonchev–Trinajstić information content (AvgIpc) is 2.36. The molecular weight excluding hydrogens is 401 g/mol. The second-order valence-corrected chi connectivity index (χ2v) is 5.10. The predicted octanol–water partition coefficient (Wildman–Crippen LogP) is 4.51. The van der Waals surface area contributed by atoms with Gasteiger partial charge in [0.1, 0.15) is 0 Å². The first-order valence-corrected chi connectivity index (χ1v) is 6.60. The number of alkyl halides is 2. The summed E-state index contributed by atoms with van der Waals surface area (Å²) in [7, 11) is 0. The first-order valence-electron chi connectivity index (χ1n) is 5.81. The molecule has 20 heavy (non-hydrogen) atoms. The van der Waals surface area contributed by atoms with Gasteiger partial charge in [-0.1, -0.05) is 53.0 Å². The normalized spacial score (nSPS) is 14.8. The molecule has 0 atom stereocenters. The summed E-state index contributed by atoms with van der Waals surface area (Å²) in [4.78, 5) is 1.50. The fourth-order valence-corrected chi connectivity index (χ4v) is 2.29. The first kappa shape index (κ1) is 17.7. The summed E-state index contributed by atoms with van der Waals surface area (Å²) >= 11 is 3.30. The topological polar surface area (TPSA) is 3.24 Å². The van der Waals surface area contributed by atoms with Gasteiger partial charge in [-0.2, -0.15) is 12.2 Å². The van der Waals surface area contributed by atoms with Crippen molar-refractivity contribution in [3.63, 3.8) is 0 Å². The number of hydrogen-bond acceptors (Lipinski definition) is 1. The van der Waals surface area contributed by atoms with Gasteiger partial charge < -0.3 is 4.90 Å². The zero-order valence-corrected chi connectivity index (χ0v) is 15.5. The van der Waals surface area contributed by atoms with Crippen LogP contribution in [0.4, 0.5) is 8.78 Å². The maximum absolute atomic E-state index is 12.8. The van der Waals surface area contributed by atoms with E-state index >= 15 is 0 Å². The van der Waals surface area contributed by atoms with Crippen LogP contribution in [-0.2, 0) is 32.7 Å². The Morgan fingerprint density at radius 3 is 2.60 bits per heavy atom. The molecular formula is C15H13BrF2NY-. The minimum absolute atomic E-state index is 0. The third kappa shape index (κ3) is 3.87. The Hall–Kier alpha value is -0.316. The second-order valence-electron chi connectivity index (χ2n) is 4.25. The van der Waals surface area contributed by atoms with Gasteiger partial charge >= 0.3 is 0 Å². The van der Waals surface area contributed by atoms with Gasteiger partial charge in [-0.05, 0) is 5.70 Å². The summed E-state index contributed by atoms with van der Waals surface area (Å²) in [6.45, 7) is 5.41. The number of benzene rings is 1. The van der Waals surface area contributed by atoms with E-state index in [-0.39, 0.29) is 32.7 Å². The van der Waals surface area contributed by atoms with Crippen LogP contribution in [0.15, 0.2) is 47.1 Å². The van der Waals surface area contributed by atoms with E-state index in [4.69, 9.17) is 0 Å². The zero-order chi connectivity index (χ0) is 14.0. The van der Waals surface area contributed by atoms with Crippen molar-refractivity contribution in [3.05, 3.63) is 64.3 Å². The molecule has 1 aliphatic rings. The molecule has 0 saturated carbocycles. The van der Waals surface area contributed by atoms with E-state index in [1.807, 2.05) is 31.2 Å². The van der Waals surface area contributed by atoms with E-state index in [1.54, 1.807) is 6.08 Å². The van der Waals surface area contributed by atoms with Crippen molar-refractivity contribution in [2.45, 2.75) is 13.3 Å². The van der Waals surface area contributed by atoms with Crippen molar-refractivity contribution in [2.24, 2.45) is 0 Å². The Bertz CT molecular complexity index is 567. The minimum atomic E-state index is -2.43. The Labute approximate surface area is 151 Å². The maximum atomic E-state index is 12.8. The molecule has 0 amide bonds. The van der Waals surface area contributed by atoms with Crippen molar-refractivity contribution in [1.29, 1.82) is 0 Å². The molecule has 0 unspecified atom stereocenters. The van der Waals surface area contributed by atoms with Crippen LogP contribution in [0.2, 0.25) is 0 Å². The molecule has 0 aliphatic carbocycles. The summed E-state index contributed by atoms with van der Waals surface area (Å²) in [5, 5.41) is 0. The van der Waals surface area contributed by atoms with Crippen LogP contribution >= 0.6 is 15.9 Å². The van der Waals surface area contributed by atoms with E-state index in [9.17, 15) is 8.78 Å². The molecule has 0 spiro atoms. The van der Waals surface area contributed by atoms with Crippen LogP contribution in [-0.4, -0.2) is 17.9 Å². The fraction of sp³-hybridized carbons (Fsp3) is 0.200. The number of halogens is 3. The van der Waals surface area contributed by atoms with Crippen molar-refractivity contribution in [1.82, 2.24) is 4.90 Å². The molecule has 1 nitrogen and oxygen atoms in total. The average molecular weight is 414 g/mol. The van der Waals surface area contributed by atoms with Crippen LogP contribution in [0.25, 0.3) is 5.70 Å². The van der Waals surface area contributed by atoms with Crippen LogP contribution in [0.5, 0.6) is 0 Å². The molecule has 1 radical (unpaired) electrons. The number of nitrogens with zero attached hydrogens (tertiary/aromatic N) is 1. The monoisotopic (exact) mass is 413 g/mol. The Morgan fingerprint density at radius 2 is 2.00 bits per heavy atom. The number of rotatable bonds is 3. The van der Waals surface area contributed by atoms with Gasteiger partial charge in [0, 0.05) is 32.7 Å². The van der Waals surface area contributed by atoms with Crippen LogP contribution < -0.4 is 0 Å². The molecule has 0 fully saturated rings. The molecule has 103 valence electrons. The maximum Gasteiger partial charge on any atom is 0.256 e. The van der Waals surface area contributed by atoms with E-state index in [1.165, 1.54) is 4.90 Å². The van der Waals surface area contributed by atoms with Gasteiger partial charge in [-0.15, -0.1) is 22.0 Å². The molecule has 1 aliphatic heterocycles. The molecule has 0 bridgehead atoms. The van der Waals surface area contributed by atoms with Crippen molar-refractivity contribution in [3.8, 4) is 0 Å². The largest absolute Gasteiger partial charge is 0.369 e. The Kier molecular flexibility index (Phi) is 6.76. The van der Waals surface area contributed by atoms with Gasteiger partial charge in [-0.3, -0.25) is 0 Å². The predicted molar refractivity (Wildman–Crippen MR) is 76.7 cm³/mol.